The molecule has 4 rings (SSSR count). The van der Waals surface area contributed by atoms with Crippen molar-refractivity contribution in [3.8, 4) is 11.5 Å². The molecule has 1 amide bonds. The SMILES string of the molecule is C=CCN(CC=C)S(=O)(=O)c1ccc(C(=O)N(CCN(C)C)c2nc3cc4c(cc3s2)OCO4)cc1.Cl. The Morgan fingerprint density at radius 3 is 2.27 bits per heavy atom. The van der Waals surface area contributed by atoms with Crippen molar-refractivity contribution in [2.45, 2.75) is 4.90 Å². The van der Waals surface area contributed by atoms with Crippen LogP contribution >= 0.6 is 23.7 Å². The predicted molar refractivity (Wildman–Crippen MR) is 149 cm³/mol. The highest BCUT2D eigenvalue weighted by molar-refractivity contribution is 7.89. The van der Waals surface area contributed by atoms with Gasteiger partial charge in [0.15, 0.2) is 16.6 Å². The molecule has 0 atom stereocenters. The summed E-state index contributed by atoms with van der Waals surface area (Å²) in [5, 5.41) is 0.542. The molecular weight excluding hydrogens is 536 g/mol. The number of hydrogen-bond acceptors (Lipinski definition) is 8. The lowest BCUT2D eigenvalue weighted by Crippen LogP contribution is -2.36. The maximum atomic E-state index is 13.6. The van der Waals surface area contributed by atoms with Crippen molar-refractivity contribution in [3.63, 3.8) is 0 Å². The molecule has 198 valence electrons. The summed E-state index contributed by atoms with van der Waals surface area (Å²) in [6.07, 6.45) is 3.04. The highest BCUT2D eigenvalue weighted by Crippen LogP contribution is 2.40. The zero-order chi connectivity index (χ0) is 25.9. The van der Waals surface area contributed by atoms with E-state index in [0.29, 0.717) is 40.8 Å². The minimum Gasteiger partial charge on any atom is -0.454 e. The number of sulfonamides is 1. The molecule has 3 aromatic rings. The number of thiazole rings is 1. The fourth-order valence-electron chi connectivity index (χ4n) is 3.64. The Morgan fingerprint density at radius 2 is 1.68 bits per heavy atom. The van der Waals surface area contributed by atoms with Crippen LogP contribution in [0.1, 0.15) is 10.4 Å². The molecule has 37 heavy (non-hydrogen) atoms. The molecule has 0 radical (unpaired) electrons. The van der Waals surface area contributed by atoms with Gasteiger partial charge >= 0.3 is 0 Å². The molecule has 9 nitrogen and oxygen atoms in total. The zero-order valence-corrected chi connectivity index (χ0v) is 23.1. The summed E-state index contributed by atoms with van der Waals surface area (Å²) >= 11 is 1.39. The van der Waals surface area contributed by atoms with Crippen molar-refractivity contribution in [2.75, 3.05) is 52.0 Å². The third-order valence-corrected chi connectivity index (χ3v) is 8.41. The third-order valence-electron chi connectivity index (χ3n) is 5.52. The number of carbonyl (C=O) groups excluding carboxylic acids is 1. The van der Waals surface area contributed by atoms with Crippen molar-refractivity contribution in [2.24, 2.45) is 0 Å². The lowest BCUT2D eigenvalue weighted by molar-refractivity contribution is 0.0985. The Morgan fingerprint density at radius 1 is 1.05 bits per heavy atom. The number of ether oxygens (including phenoxy) is 2. The van der Waals surface area contributed by atoms with Crippen LogP contribution in [0.4, 0.5) is 5.13 Å². The van der Waals surface area contributed by atoms with E-state index in [0.717, 1.165) is 4.70 Å². The van der Waals surface area contributed by atoms with Gasteiger partial charge in [0, 0.05) is 43.9 Å². The largest absolute Gasteiger partial charge is 0.454 e. The van der Waals surface area contributed by atoms with Crippen LogP contribution in [0.5, 0.6) is 11.5 Å². The number of carbonyl (C=O) groups is 1. The molecule has 1 aliphatic rings. The van der Waals surface area contributed by atoms with Crippen molar-refractivity contribution in [1.29, 1.82) is 0 Å². The van der Waals surface area contributed by atoms with E-state index in [1.54, 1.807) is 4.90 Å². The number of anilines is 1. The van der Waals surface area contributed by atoms with Crippen LogP contribution in [0.15, 0.2) is 66.6 Å². The molecule has 12 heteroatoms. The van der Waals surface area contributed by atoms with E-state index >= 15 is 0 Å². The van der Waals surface area contributed by atoms with E-state index in [2.05, 4.69) is 18.1 Å². The van der Waals surface area contributed by atoms with Gasteiger partial charge in [0.2, 0.25) is 16.8 Å². The van der Waals surface area contributed by atoms with Crippen LogP contribution in [-0.2, 0) is 10.0 Å². The second-order valence-corrected chi connectivity index (χ2v) is 11.3. The summed E-state index contributed by atoms with van der Waals surface area (Å²) in [6, 6.07) is 9.63. The first-order chi connectivity index (χ1) is 17.2. The van der Waals surface area contributed by atoms with Crippen LogP contribution in [0, 0.1) is 0 Å². The molecule has 2 heterocycles. The Hall–Kier alpha value is -2.96. The topological polar surface area (TPSA) is 92.3 Å². The van der Waals surface area contributed by atoms with E-state index in [-0.39, 0.29) is 43.1 Å². The number of amides is 1. The molecule has 1 aromatic heterocycles. The van der Waals surface area contributed by atoms with Gasteiger partial charge < -0.3 is 14.4 Å². The van der Waals surface area contributed by atoms with E-state index in [9.17, 15) is 13.2 Å². The first-order valence-corrected chi connectivity index (χ1v) is 13.5. The third kappa shape index (κ3) is 6.13. The van der Waals surface area contributed by atoms with Crippen LogP contribution in [0.25, 0.3) is 10.2 Å². The average Bonchev–Trinajstić information content (AvgIpc) is 3.48. The molecule has 0 fully saturated rings. The van der Waals surface area contributed by atoms with Gasteiger partial charge in [-0.1, -0.05) is 23.5 Å². The average molecular weight is 565 g/mol. The fraction of sp³-hybridized carbons (Fsp3) is 0.280. The number of benzene rings is 2. The fourth-order valence-corrected chi connectivity index (χ4v) is 6.02. The smallest absolute Gasteiger partial charge is 0.260 e. The number of nitrogens with zero attached hydrogens (tertiary/aromatic N) is 4. The Kier molecular flexibility index (Phi) is 9.32. The Bertz CT molecular complexity index is 1340. The van der Waals surface area contributed by atoms with Gasteiger partial charge in [0.1, 0.15) is 0 Å². The zero-order valence-electron chi connectivity index (χ0n) is 20.6. The van der Waals surface area contributed by atoms with Crippen molar-refractivity contribution in [1.82, 2.24) is 14.2 Å². The summed E-state index contributed by atoms with van der Waals surface area (Å²) in [7, 11) is 0.0984. The minimum atomic E-state index is -3.76. The molecular formula is C25H29ClN4O5S2. The summed E-state index contributed by atoms with van der Waals surface area (Å²) in [6.45, 7) is 8.77. The Labute approximate surface area is 227 Å². The highest BCUT2D eigenvalue weighted by atomic mass is 35.5. The van der Waals surface area contributed by atoms with Crippen LogP contribution in [0.2, 0.25) is 0 Å². The molecule has 1 aliphatic heterocycles. The number of halogens is 1. The normalized spacial score (nSPS) is 12.5. The van der Waals surface area contributed by atoms with Crippen molar-refractivity contribution < 1.29 is 22.7 Å². The van der Waals surface area contributed by atoms with Gasteiger partial charge in [0.05, 0.1) is 15.1 Å². The van der Waals surface area contributed by atoms with Gasteiger partial charge in [-0.25, -0.2) is 13.4 Å². The molecule has 0 N–H and O–H groups in total. The van der Waals surface area contributed by atoms with Gasteiger partial charge in [-0.15, -0.1) is 25.6 Å². The van der Waals surface area contributed by atoms with Crippen LogP contribution in [-0.4, -0.2) is 75.6 Å². The molecule has 0 unspecified atom stereocenters. The maximum absolute atomic E-state index is 13.6. The molecule has 0 spiro atoms. The van der Waals surface area contributed by atoms with E-state index < -0.39 is 10.0 Å². The van der Waals surface area contributed by atoms with Crippen molar-refractivity contribution in [3.05, 3.63) is 67.3 Å². The summed E-state index contributed by atoms with van der Waals surface area (Å²) in [5.41, 5.74) is 1.08. The first kappa shape index (κ1) is 28.6. The molecule has 0 bridgehead atoms. The van der Waals surface area contributed by atoms with E-state index in [4.69, 9.17) is 9.47 Å². The summed E-state index contributed by atoms with van der Waals surface area (Å²) < 4.78 is 39.1. The lowest BCUT2D eigenvalue weighted by atomic mass is 10.2. The standard InChI is InChI=1S/C25H28N4O5S2.ClH/c1-5-11-28(12-6-2)36(31,32)19-9-7-18(8-10-19)24(30)29(14-13-27(3)4)25-26-20-15-21-22(34-17-33-21)16-23(20)35-25;/h5-10,15-16H,1-2,11-14,17H2,3-4H3;1H. The van der Waals surface area contributed by atoms with E-state index in [1.807, 2.05) is 31.1 Å². The number of fused-ring (bicyclic) bond motifs is 2. The van der Waals surface area contributed by atoms with Crippen molar-refractivity contribution >= 4 is 55.0 Å². The number of hydrogen-bond donors (Lipinski definition) is 0. The summed E-state index contributed by atoms with van der Waals surface area (Å²) in [5.74, 6) is 1.01. The monoisotopic (exact) mass is 564 g/mol. The Balaban J connectivity index is 0.00000380. The van der Waals surface area contributed by atoms with Crippen LogP contribution < -0.4 is 14.4 Å². The van der Waals surface area contributed by atoms with Gasteiger partial charge in [0.25, 0.3) is 5.91 Å². The predicted octanol–water partition coefficient (Wildman–Crippen LogP) is 4.02. The number of aromatic nitrogens is 1. The van der Waals surface area contributed by atoms with Gasteiger partial charge in [-0.3, -0.25) is 9.69 Å². The second-order valence-electron chi connectivity index (χ2n) is 8.35. The highest BCUT2D eigenvalue weighted by Gasteiger charge is 2.26. The molecule has 0 aliphatic carbocycles. The lowest BCUT2D eigenvalue weighted by Gasteiger charge is -2.22. The number of likely N-dealkylation sites (N-methyl/N-ethyl adjacent to an activating group) is 1. The first-order valence-electron chi connectivity index (χ1n) is 11.2. The molecule has 0 saturated heterocycles. The van der Waals surface area contributed by atoms with Gasteiger partial charge in [-0.2, -0.15) is 4.31 Å². The number of rotatable bonds is 11. The maximum Gasteiger partial charge on any atom is 0.260 e. The summed E-state index contributed by atoms with van der Waals surface area (Å²) in [4.78, 5) is 21.9. The molecule has 2 aromatic carbocycles. The quantitative estimate of drug-likeness (QED) is 0.325. The molecule has 0 saturated carbocycles. The van der Waals surface area contributed by atoms with Crippen LogP contribution in [0.3, 0.4) is 0 Å². The van der Waals surface area contributed by atoms with E-state index in [1.165, 1.54) is 52.1 Å². The van der Waals surface area contributed by atoms with Gasteiger partial charge in [-0.05, 0) is 38.4 Å². The minimum absolute atomic E-state index is 0. The second kappa shape index (κ2) is 12.1.